The van der Waals surface area contributed by atoms with Crippen LogP contribution in [0.5, 0.6) is 0 Å². The molecule has 15 heteroatoms. The largest absolute Gasteiger partial charge is 0.481 e. The molecule has 0 saturated carbocycles. The third-order valence-electron chi connectivity index (χ3n) is 4.17. The van der Waals surface area contributed by atoms with Crippen molar-refractivity contribution in [2.24, 2.45) is 0 Å². The first kappa shape index (κ1) is 29.6. The predicted octanol–water partition coefficient (Wildman–Crippen LogP) is -1.56. The zero-order chi connectivity index (χ0) is 25.6. The highest BCUT2D eigenvalue weighted by atomic mass is 32.1. The minimum atomic E-state index is -1.49. The van der Waals surface area contributed by atoms with E-state index in [1.54, 1.807) is 0 Å². The molecule has 7 N–H and O–H groups in total. The number of nitrogens with one attached hydrogen (secondary N) is 3. The third kappa shape index (κ3) is 13.6. The van der Waals surface area contributed by atoms with Crippen LogP contribution < -0.4 is 16.0 Å². The van der Waals surface area contributed by atoms with Gasteiger partial charge in [0, 0.05) is 31.4 Å². The third-order valence-corrected chi connectivity index (χ3v) is 4.54. The molecule has 33 heavy (non-hydrogen) atoms. The van der Waals surface area contributed by atoms with E-state index in [1.807, 2.05) is 0 Å². The summed E-state index contributed by atoms with van der Waals surface area (Å²) in [6, 6.07) is -4.33. The van der Waals surface area contributed by atoms with Gasteiger partial charge in [-0.2, -0.15) is 12.6 Å². The molecule has 0 radical (unpaired) electrons. The lowest BCUT2D eigenvalue weighted by atomic mass is 10.1. The van der Waals surface area contributed by atoms with Crippen molar-refractivity contribution in [3.63, 3.8) is 0 Å². The van der Waals surface area contributed by atoms with Crippen LogP contribution in [0.2, 0.25) is 0 Å². The summed E-state index contributed by atoms with van der Waals surface area (Å²) in [5.41, 5.74) is 0. The van der Waals surface area contributed by atoms with Gasteiger partial charge in [-0.25, -0.2) is 4.79 Å². The van der Waals surface area contributed by atoms with E-state index >= 15 is 0 Å². The molecule has 0 spiro atoms. The van der Waals surface area contributed by atoms with Crippen LogP contribution in [0.15, 0.2) is 0 Å². The molecule has 0 aromatic heterocycles. The smallest absolute Gasteiger partial charge is 0.327 e. The highest BCUT2D eigenvalue weighted by Crippen LogP contribution is 2.05. The number of carboxylic acid groups (broad SMARTS) is 4. The lowest BCUT2D eigenvalue weighted by Gasteiger charge is -2.24. The van der Waals surface area contributed by atoms with Crippen molar-refractivity contribution in [1.29, 1.82) is 0 Å². The van der Waals surface area contributed by atoms with E-state index in [-0.39, 0.29) is 31.4 Å². The summed E-state index contributed by atoms with van der Waals surface area (Å²) in [4.78, 5) is 80.5. The summed E-state index contributed by atoms with van der Waals surface area (Å²) in [6.45, 7) is 0. The SMILES string of the molecule is O=C(O)CCCC(=O)N[C@@H](CCC(=O)O)C(=O)N[C@@H](CCC(=O)O)C(=O)N[C@@H](CS)C(=O)O. The number of amides is 3. The van der Waals surface area contributed by atoms with E-state index in [9.17, 15) is 33.6 Å². The van der Waals surface area contributed by atoms with Gasteiger partial charge in [0.05, 0.1) is 0 Å². The van der Waals surface area contributed by atoms with Crippen molar-refractivity contribution < 1.29 is 54.0 Å². The van der Waals surface area contributed by atoms with Gasteiger partial charge in [-0.05, 0) is 19.3 Å². The molecule has 0 unspecified atom stereocenters. The van der Waals surface area contributed by atoms with Gasteiger partial charge in [0.2, 0.25) is 17.7 Å². The molecule has 0 aliphatic rings. The van der Waals surface area contributed by atoms with Gasteiger partial charge in [0.25, 0.3) is 0 Å². The second kappa shape index (κ2) is 15.4. The van der Waals surface area contributed by atoms with Gasteiger partial charge in [-0.15, -0.1) is 0 Å². The number of hydrogen-bond donors (Lipinski definition) is 8. The molecule has 186 valence electrons. The normalized spacial score (nSPS) is 13.1. The van der Waals surface area contributed by atoms with E-state index in [0.717, 1.165) is 0 Å². The van der Waals surface area contributed by atoms with E-state index in [0.29, 0.717) is 0 Å². The van der Waals surface area contributed by atoms with E-state index < -0.39 is 79.0 Å². The first-order chi connectivity index (χ1) is 15.4. The fourth-order valence-electron chi connectivity index (χ4n) is 2.47. The minimum absolute atomic E-state index is 0.0294. The molecular weight excluding hydrogens is 466 g/mol. The second-order valence-corrected chi connectivity index (χ2v) is 7.24. The van der Waals surface area contributed by atoms with Crippen LogP contribution in [-0.4, -0.2) is 85.9 Å². The Balaban J connectivity index is 5.39. The fourth-order valence-corrected chi connectivity index (χ4v) is 2.72. The lowest BCUT2D eigenvalue weighted by molar-refractivity contribution is -0.142. The Kier molecular flexibility index (Phi) is 13.9. The van der Waals surface area contributed by atoms with Crippen molar-refractivity contribution in [2.75, 3.05) is 5.75 Å². The van der Waals surface area contributed by atoms with Gasteiger partial charge in [-0.1, -0.05) is 0 Å². The molecule has 0 saturated heterocycles. The number of rotatable bonds is 17. The molecule has 0 aromatic rings. The average Bonchev–Trinajstić information content (AvgIpc) is 2.70. The standard InChI is InChI=1S/C18H27N3O11S/c22-12(2-1-3-13(23)24)19-9(4-6-14(25)26)16(29)20-10(5-7-15(27)28)17(30)21-11(8-33)18(31)32/h9-11,33H,1-8H2,(H,19,22)(H,20,29)(H,21,30)(H,23,24)(H,25,26)(H,27,28)(H,31,32)/t9-,10-,11-/m0/s1. The van der Waals surface area contributed by atoms with Crippen LogP contribution in [0, 0.1) is 0 Å². The molecular formula is C18H27N3O11S. The minimum Gasteiger partial charge on any atom is -0.481 e. The van der Waals surface area contributed by atoms with E-state index in [1.165, 1.54) is 0 Å². The number of carbonyl (C=O) groups is 7. The highest BCUT2D eigenvalue weighted by Gasteiger charge is 2.29. The van der Waals surface area contributed by atoms with Gasteiger partial charge >= 0.3 is 23.9 Å². The summed E-state index contributed by atoms with van der Waals surface area (Å²) in [5.74, 6) is -8.11. The molecule has 0 aromatic carbocycles. The van der Waals surface area contributed by atoms with Gasteiger partial charge in [-0.3, -0.25) is 28.8 Å². The molecule has 0 fully saturated rings. The van der Waals surface area contributed by atoms with Crippen LogP contribution in [-0.2, 0) is 33.6 Å². The molecule has 3 atom stereocenters. The Hall–Kier alpha value is -3.36. The maximum atomic E-state index is 12.7. The molecule has 0 aliphatic heterocycles. The van der Waals surface area contributed by atoms with Crippen molar-refractivity contribution >= 4 is 54.2 Å². The van der Waals surface area contributed by atoms with Crippen LogP contribution in [0.1, 0.15) is 44.9 Å². The lowest BCUT2D eigenvalue weighted by Crippen LogP contribution is -2.56. The van der Waals surface area contributed by atoms with Crippen molar-refractivity contribution in [3.8, 4) is 0 Å². The van der Waals surface area contributed by atoms with Gasteiger partial charge in [0.1, 0.15) is 18.1 Å². The Morgan fingerprint density at radius 2 is 1.03 bits per heavy atom. The van der Waals surface area contributed by atoms with Crippen molar-refractivity contribution in [3.05, 3.63) is 0 Å². The van der Waals surface area contributed by atoms with Crippen molar-refractivity contribution in [1.82, 2.24) is 16.0 Å². The first-order valence-corrected chi connectivity index (χ1v) is 10.4. The Labute approximate surface area is 193 Å². The average molecular weight is 493 g/mol. The molecule has 0 aliphatic carbocycles. The first-order valence-electron chi connectivity index (χ1n) is 9.76. The maximum absolute atomic E-state index is 12.7. The number of aliphatic carboxylic acids is 4. The zero-order valence-electron chi connectivity index (χ0n) is 17.5. The fraction of sp³-hybridized carbons (Fsp3) is 0.611. The molecule has 0 heterocycles. The van der Waals surface area contributed by atoms with Crippen molar-refractivity contribution in [2.45, 2.75) is 63.1 Å². The number of carboxylic acids is 4. The molecule has 3 amide bonds. The predicted molar refractivity (Wildman–Crippen MR) is 113 cm³/mol. The number of thiol groups is 1. The monoisotopic (exact) mass is 493 g/mol. The Morgan fingerprint density at radius 3 is 1.42 bits per heavy atom. The van der Waals surface area contributed by atoms with E-state index in [2.05, 4.69) is 28.6 Å². The Bertz CT molecular complexity index is 759. The van der Waals surface area contributed by atoms with Crippen LogP contribution >= 0.6 is 12.6 Å². The summed E-state index contributed by atoms with van der Waals surface area (Å²) >= 11 is 3.79. The maximum Gasteiger partial charge on any atom is 0.327 e. The summed E-state index contributed by atoms with van der Waals surface area (Å²) in [6.07, 6.45) is -2.45. The second-order valence-electron chi connectivity index (χ2n) is 6.88. The summed E-state index contributed by atoms with van der Waals surface area (Å²) in [7, 11) is 0. The Morgan fingerprint density at radius 1 is 0.606 bits per heavy atom. The summed E-state index contributed by atoms with van der Waals surface area (Å²) < 4.78 is 0. The van der Waals surface area contributed by atoms with Gasteiger partial charge in [0.15, 0.2) is 0 Å². The highest BCUT2D eigenvalue weighted by molar-refractivity contribution is 7.80. The quantitative estimate of drug-likeness (QED) is 0.108. The van der Waals surface area contributed by atoms with Gasteiger partial charge < -0.3 is 36.4 Å². The molecule has 0 bridgehead atoms. The van der Waals surface area contributed by atoms with E-state index in [4.69, 9.17) is 20.4 Å². The number of carbonyl (C=O) groups excluding carboxylic acids is 3. The zero-order valence-corrected chi connectivity index (χ0v) is 18.4. The van der Waals surface area contributed by atoms with Crippen LogP contribution in [0.4, 0.5) is 0 Å². The number of hydrogen-bond acceptors (Lipinski definition) is 8. The topological polar surface area (TPSA) is 236 Å². The molecule has 14 nitrogen and oxygen atoms in total. The van der Waals surface area contributed by atoms with Crippen LogP contribution in [0.25, 0.3) is 0 Å². The van der Waals surface area contributed by atoms with Crippen LogP contribution in [0.3, 0.4) is 0 Å². The summed E-state index contributed by atoms with van der Waals surface area (Å²) in [5, 5.41) is 42.0. The molecule has 0 rings (SSSR count).